The summed E-state index contributed by atoms with van der Waals surface area (Å²) in [5.41, 5.74) is 0.933. The standard InChI is InChI=1S/C19H21ClN2O4S/c1-4-10-21-17(24)15-11(3)14(19(25)26-5-2)18(27-15)22-16(23)12-8-6-7-9-13(12)20/h6-9H,4-5,10H2,1-3H3,(H,21,24)(H,22,23). The number of esters is 1. The summed E-state index contributed by atoms with van der Waals surface area (Å²) in [6.45, 7) is 6.00. The van der Waals surface area contributed by atoms with Crippen LogP contribution in [0.15, 0.2) is 24.3 Å². The Hall–Kier alpha value is -2.38. The van der Waals surface area contributed by atoms with E-state index < -0.39 is 11.9 Å². The highest BCUT2D eigenvalue weighted by Crippen LogP contribution is 2.34. The summed E-state index contributed by atoms with van der Waals surface area (Å²) in [7, 11) is 0. The van der Waals surface area contributed by atoms with Crippen molar-refractivity contribution in [2.75, 3.05) is 18.5 Å². The minimum absolute atomic E-state index is 0.184. The predicted octanol–water partition coefficient (Wildman–Crippen LogP) is 4.28. The number of rotatable bonds is 7. The topological polar surface area (TPSA) is 84.5 Å². The van der Waals surface area contributed by atoms with Crippen molar-refractivity contribution < 1.29 is 19.1 Å². The van der Waals surface area contributed by atoms with E-state index in [0.717, 1.165) is 17.8 Å². The number of halogens is 1. The number of nitrogens with one attached hydrogen (secondary N) is 2. The van der Waals surface area contributed by atoms with Crippen LogP contribution in [0.4, 0.5) is 5.00 Å². The van der Waals surface area contributed by atoms with Gasteiger partial charge < -0.3 is 15.4 Å². The van der Waals surface area contributed by atoms with E-state index in [9.17, 15) is 14.4 Å². The lowest BCUT2D eigenvalue weighted by atomic mass is 10.1. The average Bonchev–Trinajstić information content (AvgIpc) is 2.96. The van der Waals surface area contributed by atoms with Gasteiger partial charge in [0.05, 0.1) is 27.6 Å². The fourth-order valence-corrected chi connectivity index (χ4v) is 3.73. The number of carbonyl (C=O) groups is 3. The second-order valence-electron chi connectivity index (χ2n) is 5.67. The van der Waals surface area contributed by atoms with Crippen LogP contribution in [0.25, 0.3) is 0 Å². The molecule has 0 saturated carbocycles. The zero-order valence-electron chi connectivity index (χ0n) is 15.3. The average molecular weight is 409 g/mol. The largest absolute Gasteiger partial charge is 0.462 e. The van der Waals surface area contributed by atoms with Gasteiger partial charge in [-0.05, 0) is 38.0 Å². The highest BCUT2D eigenvalue weighted by atomic mass is 35.5. The Labute approximate surface area is 166 Å². The fourth-order valence-electron chi connectivity index (χ4n) is 2.40. The molecule has 0 fully saturated rings. The minimum atomic E-state index is -0.588. The van der Waals surface area contributed by atoms with Crippen LogP contribution in [-0.2, 0) is 4.74 Å². The van der Waals surface area contributed by atoms with E-state index in [4.69, 9.17) is 16.3 Å². The number of hydrogen-bond acceptors (Lipinski definition) is 5. The van der Waals surface area contributed by atoms with Crippen LogP contribution < -0.4 is 10.6 Å². The van der Waals surface area contributed by atoms with Gasteiger partial charge in [-0.25, -0.2) is 4.79 Å². The molecule has 6 nitrogen and oxygen atoms in total. The second-order valence-corrected chi connectivity index (χ2v) is 7.10. The van der Waals surface area contributed by atoms with Gasteiger partial charge in [-0.1, -0.05) is 30.7 Å². The lowest BCUT2D eigenvalue weighted by Crippen LogP contribution is -2.23. The Bertz CT molecular complexity index is 863. The Balaban J connectivity index is 2.41. The highest BCUT2D eigenvalue weighted by molar-refractivity contribution is 7.18. The molecule has 0 saturated heterocycles. The van der Waals surface area contributed by atoms with Crippen molar-refractivity contribution in [3.8, 4) is 0 Å². The molecule has 2 aromatic rings. The molecule has 0 aliphatic carbocycles. The SMILES string of the molecule is CCCNC(=O)c1sc(NC(=O)c2ccccc2Cl)c(C(=O)OCC)c1C. The summed E-state index contributed by atoms with van der Waals surface area (Å²) in [6, 6.07) is 6.59. The van der Waals surface area contributed by atoms with Gasteiger partial charge in [0.2, 0.25) is 0 Å². The number of hydrogen-bond donors (Lipinski definition) is 2. The number of ether oxygens (including phenoxy) is 1. The van der Waals surface area contributed by atoms with E-state index in [0.29, 0.717) is 22.0 Å². The first-order chi connectivity index (χ1) is 12.9. The van der Waals surface area contributed by atoms with Crippen LogP contribution in [0.3, 0.4) is 0 Å². The summed E-state index contributed by atoms with van der Waals surface area (Å²) in [5.74, 6) is -1.34. The maximum Gasteiger partial charge on any atom is 0.341 e. The summed E-state index contributed by atoms with van der Waals surface area (Å²) in [6.07, 6.45) is 0.789. The summed E-state index contributed by atoms with van der Waals surface area (Å²) >= 11 is 7.11. The molecule has 27 heavy (non-hydrogen) atoms. The van der Waals surface area contributed by atoms with E-state index in [1.165, 1.54) is 0 Å². The summed E-state index contributed by atoms with van der Waals surface area (Å²) in [4.78, 5) is 37.7. The molecule has 0 atom stereocenters. The molecule has 0 unspecified atom stereocenters. The Morgan fingerprint density at radius 2 is 1.85 bits per heavy atom. The predicted molar refractivity (Wildman–Crippen MR) is 107 cm³/mol. The molecule has 0 aliphatic rings. The molecule has 8 heteroatoms. The van der Waals surface area contributed by atoms with Crippen molar-refractivity contribution in [3.63, 3.8) is 0 Å². The Kier molecular flexibility index (Phi) is 7.38. The fraction of sp³-hybridized carbons (Fsp3) is 0.316. The number of anilines is 1. The molecular formula is C19H21ClN2O4S. The number of benzene rings is 1. The van der Waals surface area contributed by atoms with Crippen LogP contribution in [0, 0.1) is 6.92 Å². The first-order valence-corrected chi connectivity index (χ1v) is 9.74. The zero-order chi connectivity index (χ0) is 20.0. The van der Waals surface area contributed by atoms with Crippen LogP contribution in [-0.4, -0.2) is 30.9 Å². The van der Waals surface area contributed by atoms with Crippen molar-refractivity contribution in [1.82, 2.24) is 5.32 Å². The van der Waals surface area contributed by atoms with Gasteiger partial charge in [0.25, 0.3) is 11.8 Å². The van der Waals surface area contributed by atoms with Crippen LogP contribution in [0.5, 0.6) is 0 Å². The van der Waals surface area contributed by atoms with Gasteiger partial charge in [0.1, 0.15) is 5.00 Å². The Morgan fingerprint density at radius 3 is 2.48 bits per heavy atom. The first kappa shape index (κ1) is 20.9. The van der Waals surface area contributed by atoms with E-state index in [-0.39, 0.29) is 28.6 Å². The maximum atomic E-state index is 12.6. The number of carbonyl (C=O) groups excluding carboxylic acids is 3. The van der Waals surface area contributed by atoms with Crippen molar-refractivity contribution in [2.45, 2.75) is 27.2 Å². The maximum absolute atomic E-state index is 12.6. The Morgan fingerprint density at radius 1 is 1.15 bits per heavy atom. The van der Waals surface area contributed by atoms with Crippen LogP contribution in [0.1, 0.15) is 56.2 Å². The van der Waals surface area contributed by atoms with E-state index in [1.54, 1.807) is 38.1 Å². The zero-order valence-corrected chi connectivity index (χ0v) is 16.9. The molecule has 144 valence electrons. The quantitative estimate of drug-likeness (QED) is 0.669. The monoisotopic (exact) mass is 408 g/mol. The summed E-state index contributed by atoms with van der Waals surface area (Å²) < 4.78 is 5.09. The van der Waals surface area contributed by atoms with E-state index in [2.05, 4.69) is 10.6 Å². The third-order valence-corrected chi connectivity index (χ3v) is 5.25. The highest BCUT2D eigenvalue weighted by Gasteiger charge is 2.27. The van der Waals surface area contributed by atoms with Crippen LogP contribution in [0.2, 0.25) is 5.02 Å². The number of thiophene rings is 1. The van der Waals surface area contributed by atoms with Gasteiger partial charge >= 0.3 is 5.97 Å². The smallest absolute Gasteiger partial charge is 0.341 e. The van der Waals surface area contributed by atoms with Gasteiger partial charge in [0, 0.05) is 6.54 Å². The molecule has 0 spiro atoms. The lowest BCUT2D eigenvalue weighted by Gasteiger charge is -2.08. The molecule has 2 N–H and O–H groups in total. The molecule has 0 radical (unpaired) electrons. The first-order valence-electron chi connectivity index (χ1n) is 8.55. The molecule has 1 heterocycles. The minimum Gasteiger partial charge on any atom is -0.462 e. The third-order valence-electron chi connectivity index (χ3n) is 3.71. The second kappa shape index (κ2) is 9.53. The van der Waals surface area contributed by atoms with Gasteiger partial charge in [0.15, 0.2) is 0 Å². The van der Waals surface area contributed by atoms with E-state index in [1.807, 2.05) is 6.92 Å². The van der Waals surface area contributed by atoms with Crippen molar-refractivity contribution in [3.05, 3.63) is 50.9 Å². The van der Waals surface area contributed by atoms with Crippen LogP contribution >= 0.6 is 22.9 Å². The normalized spacial score (nSPS) is 10.4. The third kappa shape index (κ3) is 4.87. The van der Waals surface area contributed by atoms with Crippen molar-refractivity contribution >= 4 is 45.7 Å². The van der Waals surface area contributed by atoms with E-state index >= 15 is 0 Å². The van der Waals surface area contributed by atoms with Gasteiger partial charge in [-0.2, -0.15) is 0 Å². The summed E-state index contributed by atoms with van der Waals surface area (Å²) in [5, 5.41) is 6.03. The molecule has 1 aromatic heterocycles. The van der Waals surface area contributed by atoms with Crippen molar-refractivity contribution in [1.29, 1.82) is 0 Å². The van der Waals surface area contributed by atoms with Crippen molar-refractivity contribution in [2.24, 2.45) is 0 Å². The molecule has 0 aliphatic heterocycles. The van der Waals surface area contributed by atoms with Gasteiger partial charge in [-0.15, -0.1) is 11.3 Å². The molecule has 2 rings (SSSR count). The molecule has 0 bridgehead atoms. The molecule has 2 amide bonds. The molecule has 1 aromatic carbocycles. The molecular weight excluding hydrogens is 388 g/mol. The van der Waals surface area contributed by atoms with Gasteiger partial charge in [-0.3, -0.25) is 9.59 Å². The number of amides is 2. The lowest BCUT2D eigenvalue weighted by molar-refractivity contribution is 0.0527.